The van der Waals surface area contributed by atoms with E-state index in [1.165, 1.54) is 4.90 Å². The highest BCUT2D eigenvalue weighted by Crippen LogP contribution is 2.32. The molecule has 1 aromatic heterocycles. The van der Waals surface area contributed by atoms with Gasteiger partial charge in [-0.15, -0.1) is 28.6 Å². The largest absolute Gasteiger partial charge is 0.158 e. The molecule has 0 unspecified atom stereocenters. The fourth-order valence-electron chi connectivity index (χ4n) is 0.956. The number of aromatic nitrogens is 2. The van der Waals surface area contributed by atoms with E-state index in [1.807, 2.05) is 17.8 Å². The number of nitrogens with zero attached hydrogens (tertiary/aromatic N) is 2. The molecule has 0 N–H and O–H groups in total. The quantitative estimate of drug-likeness (QED) is 0.737. The van der Waals surface area contributed by atoms with Gasteiger partial charge in [-0.3, -0.25) is 0 Å². The minimum Gasteiger partial charge on any atom is -0.158 e. The number of hydrogen-bond acceptors (Lipinski definition) is 4. The summed E-state index contributed by atoms with van der Waals surface area (Å²) in [5, 5.41) is 10.3. The lowest BCUT2D eigenvalue weighted by Crippen LogP contribution is -1.95. The molecule has 2 nitrogen and oxygen atoms in total. The van der Waals surface area contributed by atoms with Crippen LogP contribution in [0.2, 0.25) is 0 Å². The van der Waals surface area contributed by atoms with Crippen molar-refractivity contribution in [2.75, 3.05) is 0 Å². The first kappa shape index (κ1) is 11.9. The lowest BCUT2D eigenvalue weighted by atomic mass is 10.6. The van der Waals surface area contributed by atoms with Crippen molar-refractivity contribution in [2.45, 2.75) is 48.1 Å². The first-order valence-electron chi connectivity index (χ1n) is 4.74. The van der Waals surface area contributed by atoms with Gasteiger partial charge in [-0.1, -0.05) is 27.7 Å². The molecule has 0 aliphatic rings. The predicted molar refractivity (Wildman–Crippen MR) is 64.0 cm³/mol. The van der Waals surface area contributed by atoms with Crippen molar-refractivity contribution in [1.29, 1.82) is 0 Å². The van der Waals surface area contributed by atoms with E-state index < -0.39 is 0 Å². The molecule has 0 aromatic carbocycles. The van der Waals surface area contributed by atoms with Gasteiger partial charge in [0.2, 0.25) is 0 Å². The van der Waals surface area contributed by atoms with E-state index >= 15 is 0 Å². The summed E-state index contributed by atoms with van der Waals surface area (Å²) in [5.41, 5.74) is 0. The lowest BCUT2D eigenvalue weighted by molar-refractivity contribution is 0.870. The fourth-order valence-corrected chi connectivity index (χ4v) is 2.76. The molecule has 0 amide bonds. The van der Waals surface area contributed by atoms with Crippen LogP contribution in [-0.2, 0) is 0 Å². The van der Waals surface area contributed by atoms with Crippen LogP contribution >= 0.6 is 23.5 Å². The highest BCUT2D eigenvalue weighted by atomic mass is 32.2. The Morgan fingerprint density at radius 1 is 1.07 bits per heavy atom. The van der Waals surface area contributed by atoms with Crippen molar-refractivity contribution in [1.82, 2.24) is 10.2 Å². The highest BCUT2D eigenvalue weighted by molar-refractivity contribution is 8.02. The standard InChI is InChI=1S/C10H16N2S2/c1-7(2)13-9-5-6-11-12-10(9)14-8(3)4/h5-8H,1-4H3. The molecule has 0 fully saturated rings. The first-order valence-corrected chi connectivity index (χ1v) is 6.50. The molecular weight excluding hydrogens is 212 g/mol. The molecule has 1 aromatic rings. The van der Waals surface area contributed by atoms with E-state index in [-0.39, 0.29) is 0 Å². The van der Waals surface area contributed by atoms with E-state index in [0.717, 1.165) is 5.03 Å². The summed E-state index contributed by atoms with van der Waals surface area (Å²) in [6.07, 6.45) is 1.76. The Labute approximate surface area is 94.3 Å². The zero-order valence-electron chi connectivity index (χ0n) is 9.02. The monoisotopic (exact) mass is 228 g/mol. The minimum absolute atomic E-state index is 0.554. The van der Waals surface area contributed by atoms with Gasteiger partial charge in [0.25, 0.3) is 0 Å². The third-order valence-electron chi connectivity index (χ3n) is 1.36. The normalized spacial score (nSPS) is 11.3. The van der Waals surface area contributed by atoms with Crippen molar-refractivity contribution in [3.63, 3.8) is 0 Å². The van der Waals surface area contributed by atoms with Crippen molar-refractivity contribution >= 4 is 23.5 Å². The van der Waals surface area contributed by atoms with Crippen LogP contribution in [-0.4, -0.2) is 20.7 Å². The SMILES string of the molecule is CC(C)Sc1ccnnc1SC(C)C. The molecule has 0 atom stereocenters. The molecule has 0 aliphatic heterocycles. The predicted octanol–water partition coefficient (Wildman–Crippen LogP) is 3.48. The Balaban J connectivity index is 2.80. The molecule has 14 heavy (non-hydrogen) atoms. The van der Waals surface area contributed by atoms with Gasteiger partial charge in [-0.05, 0) is 6.07 Å². The molecule has 0 aliphatic carbocycles. The lowest BCUT2D eigenvalue weighted by Gasteiger charge is -2.10. The third-order valence-corrected chi connectivity index (χ3v) is 3.54. The average molecular weight is 228 g/mol. The van der Waals surface area contributed by atoms with Gasteiger partial charge >= 0.3 is 0 Å². The van der Waals surface area contributed by atoms with Crippen LogP contribution in [0.15, 0.2) is 22.2 Å². The zero-order valence-corrected chi connectivity index (χ0v) is 10.7. The molecule has 1 heterocycles. The van der Waals surface area contributed by atoms with E-state index in [4.69, 9.17) is 0 Å². The average Bonchev–Trinajstić information content (AvgIpc) is 2.06. The van der Waals surface area contributed by atoms with Gasteiger partial charge in [0.15, 0.2) is 0 Å². The van der Waals surface area contributed by atoms with Gasteiger partial charge in [0.1, 0.15) is 5.03 Å². The van der Waals surface area contributed by atoms with Crippen molar-refractivity contribution in [3.05, 3.63) is 12.3 Å². The first-order chi connectivity index (χ1) is 6.59. The summed E-state index contributed by atoms with van der Waals surface area (Å²) < 4.78 is 0. The van der Waals surface area contributed by atoms with E-state index in [1.54, 1.807) is 18.0 Å². The second kappa shape index (κ2) is 5.61. The van der Waals surface area contributed by atoms with Crippen molar-refractivity contribution in [3.8, 4) is 0 Å². The molecule has 0 saturated heterocycles. The molecule has 0 radical (unpaired) electrons. The Kier molecular flexibility index (Phi) is 4.75. The highest BCUT2D eigenvalue weighted by Gasteiger charge is 2.08. The maximum absolute atomic E-state index is 4.16. The summed E-state index contributed by atoms with van der Waals surface area (Å²) in [5.74, 6) is 0. The van der Waals surface area contributed by atoms with Crippen LogP contribution in [0.4, 0.5) is 0 Å². The number of rotatable bonds is 4. The summed E-state index contributed by atoms with van der Waals surface area (Å²) in [6.45, 7) is 8.72. The summed E-state index contributed by atoms with van der Waals surface area (Å²) in [6, 6.07) is 2.04. The second-order valence-corrected chi connectivity index (χ2v) is 6.72. The Morgan fingerprint density at radius 3 is 2.29 bits per heavy atom. The van der Waals surface area contributed by atoms with Crippen molar-refractivity contribution in [2.24, 2.45) is 0 Å². The van der Waals surface area contributed by atoms with Gasteiger partial charge in [0.05, 0.1) is 6.20 Å². The van der Waals surface area contributed by atoms with Crippen LogP contribution < -0.4 is 0 Å². The minimum atomic E-state index is 0.554. The van der Waals surface area contributed by atoms with Gasteiger partial charge in [-0.25, -0.2) is 0 Å². The number of hydrogen-bond donors (Lipinski definition) is 0. The number of thioether (sulfide) groups is 2. The molecule has 0 bridgehead atoms. The summed E-state index contributed by atoms with van der Waals surface area (Å²) in [7, 11) is 0. The smallest absolute Gasteiger partial charge is 0.133 e. The van der Waals surface area contributed by atoms with Gasteiger partial charge in [0, 0.05) is 15.4 Å². The van der Waals surface area contributed by atoms with E-state index in [2.05, 4.69) is 37.9 Å². The van der Waals surface area contributed by atoms with Gasteiger partial charge < -0.3 is 0 Å². The van der Waals surface area contributed by atoms with Crippen LogP contribution in [0.3, 0.4) is 0 Å². The molecule has 4 heteroatoms. The second-order valence-electron chi connectivity index (χ2n) is 3.53. The Hall–Kier alpha value is -0.220. The Bertz CT molecular complexity index is 258. The van der Waals surface area contributed by atoms with E-state index in [9.17, 15) is 0 Å². The maximum atomic E-state index is 4.16. The van der Waals surface area contributed by atoms with Crippen LogP contribution in [0.1, 0.15) is 27.7 Å². The Morgan fingerprint density at radius 2 is 1.71 bits per heavy atom. The maximum Gasteiger partial charge on any atom is 0.133 e. The zero-order chi connectivity index (χ0) is 10.6. The van der Waals surface area contributed by atoms with E-state index in [0.29, 0.717) is 10.5 Å². The molecule has 0 saturated carbocycles. The van der Waals surface area contributed by atoms with Gasteiger partial charge in [-0.2, -0.15) is 5.10 Å². The summed E-state index contributed by atoms with van der Waals surface area (Å²) in [4.78, 5) is 1.24. The molecule has 1 rings (SSSR count). The van der Waals surface area contributed by atoms with Crippen LogP contribution in [0.25, 0.3) is 0 Å². The van der Waals surface area contributed by atoms with Crippen LogP contribution in [0, 0.1) is 0 Å². The topological polar surface area (TPSA) is 25.8 Å². The molecule has 0 spiro atoms. The third kappa shape index (κ3) is 3.88. The summed E-state index contributed by atoms with van der Waals surface area (Å²) >= 11 is 3.62. The fraction of sp³-hybridized carbons (Fsp3) is 0.600. The van der Waals surface area contributed by atoms with Crippen molar-refractivity contribution < 1.29 is 0 Å². The molecular formula is C10H16N2S2. The molecule has 78 valence electrons. The van der Waals surface area contributed by atoms with Crippen LogP contribution in [0.5, 0.6) is 0 Å².